The van der Waals surface area contributed by atoms with Crippen molar-refractivity contribution in [3.8, 4) is 0 Å². The van der Waals surface area contributed by atoms with E-state index in [9.17, 15) is 13.6 Å². The Morgan fingerprint density at radius 3 is 2.48 bits per heavy atom. The number of aryl methyl sites for hydroxylation is 2. The van der Waals surface area contributed by atoms with Crippen molar-refractivity contribution >= 4 is 17.3 Å². The van der Waals surface area contributed by atoms with Crippen LogP contribution in [0.4, 0.5) is 20.2 Å². The number of carbonyl (C=O) groups is 1. The van der Waals surface area contributed by atoms with Crippen molar-refractivity contribution in [1.29, 1.82) is 0 Å². The van der Waals surface area contributed by atoms with Gasteiger partial charge in [-0.15, -0.1) is 0 Å². The Morgan fingerprint density at radius 1 is 1.05 bits per heavy atom. The number of rotatable bonds is 4. The maximum atomic E-state index is 13.6. The minimum atomic E-state index is -0.413. The van der Waals surface area contributed by atoms with Gasteiger partial charge in [0.25, 0.3) is 0 Å². The fourth-order valence-corrected chi connectivity index (χ4v) is 1.81. The smallest absolute Gasteiger partial charge is 0.243 e. The van der Waals surface area contributed by atoms with Crippen LogP contribution in [0.2, 0.25) is 0 Å². The van der Waals surface area contributed by atoms with Crippen LogP contribution in [0.5, 0.6) is 0 Å². The minimum Gasteiger partial charge on any atom is -0.374 e. The lowest BCUT2D eigenvalue weighted by molar-refractivity contribution is -0.114. The molecule has 0 aliphatic rings. The quantitative estimate of drug-likeness (QED) is 0.902. The standard InChI is InChI=1S/C16H16F2N2O/c1-10-3-6-15(14(18)7-10)19-9-16(21)20-12-5-4-11(2)13(17)8-12/h3-8,19H,9H2,1-2H3,(H,20,21). The first kappa shape index (κ1) is 15.0. The van der Waals surface area contributed by atoms with Gasteiger partial charge in [0.05, 0.1) is 12.2 Å². The molecule has 2 aromatic carbocycles. The molecule has 0 atom stereocenters. The van der Waals surface area contributed by atoms with E-state index in [-0.39, 0.29) is 24.0 Å². The predicted molar refractivity (Wildman–Crippen MR) is 79.4 cm³/mol. The third-order valence-corrected chi connectivity index (χ3v) is 3.02. The molecule has 0 saturated heterocycles. The molecular formula is C16H16F2N2O. The zero-order valence-electron chi connectivity index (χ0n) is 11.8. The average molecular weight is 290 g/mol. The second-order valence-corrected chi connectivity index (χ2v) is 4.85. The van der Waals surface area contributed by atoms with Gasteiger partial charge in [-0.2, -0.15) is 0 Å². The van der Waals surface area contributed by atoms with Crippen molar-refractivity contribution in [1.82, 2.24) is 0 Å². The Bertz CT molecular complexity index is 671. The number of hydrogen-bond acceptors (Lipinski definition) is 2. The average Bonchev–Trinajstić information content (AvgIpc) is 2.42. The molecule has 3 nitrogen and oxygen atoms in total. The molecular weight excluding hydrogens is 274 g/mol. The van der Waals surface area contributed by atoms with Gasteiger partial charge in [0, 0.05) is 5.69 Å². The summed E-state index contributed by atoms with van der Waals surface area (Å²) in [5, 5.41) is 5.25. The molecule has 0 aromatic heterocycles. The van der Waals surface area contributed by atoms with Gasteiger partial charge in [-0.1, -0.05) is 12.1 Å². The molecule has 0 fully saturated rings. The van der Waals surface area contributed by atoms with Gasteiger partial charge in [-0.25, -0.2) is 8.78 Å². The lowest BCUT2D eigenvalue weighted by atomic mass is 10.2. The number of hydrogen-bond donors (Lipinski definition) is 2. The summed E-state index contributed by atoms with van der Waals surface area (Å²) in [4.78, 5) is 11.7. The van der Waals surface area contributed by atoms with Crippen LogP contribution in [0.15, 0.2) is 36.4 Å². The molecule has 0 spiro atoms. The molecule has 0 saturated carbocycles. The summed E-state index contributed by atoms with van der Waals surface area (Å²) in [7, 11) is 0. The molecule has 0 aliphatic heterocycles. The fraction of sp³-hybridized carbons (Fsp3) is 0.188. The highest BCUT2D eigenvalue weighted by atomic mass is 19.1. The molecule has 2 rings (SSSR count). The molecule has 0 heterocycles. The highest BCUT2D eigenvalue weighted by Gasteiger charge is 2.07. The van der Waals surface area contributed by atoms with Gasteiger partial charge in [-0.05, 0) is 49.2 Å². The first-order valence-electron chi connectivity index (χ1n) is 6.52. The topological polar surface area (TPSA) is 41.1 Å². The molecule has 0 bridgehead atoms. The van der Waals surface area contributed by atoms with E-state index in [0.717, 1.165) is 5.56 Å². The Labute approximate surface area is 122 Å². The van der Waals surface area contributed by atoms with Crippen molar-refractivity contribution < 1.29 is 13.6 Å². The minimum absolute atomic E-state index is 0.102. The maximum absolute atomic E-state index is 13.6. The highest BCUT2D eigenvalue weighted by Crippen LogP contribution is 2.16. The van der Waals surface area contributed by atoms with Crippen LogP contribution in [0, 0.1) is 25.5 Å². The summed E-state index contributed by atoms with van der Waals surface area (Å²) in [6.07, 6.45) is 0. The lowest BCUT2D eigenvalue weighted by Crippen LogP contribution is -2.22. The first-order valence-corrected chi connectivity index (χ1v) is 6.52. The summed E-state index contributed by atoms with van der Waals surface area (Å²) < 4.78 is 26.9. The highest BCUT2D eigenvalue weighted by molar-refractivity contribution is 5.93. The Hall–Kier alpha value is -2.43. The van der Waals surface area contributed by atoms with Crippen molar-refractivity contribution in [3.05, 3.63) is 59.2 Å². The van der Waals surface area contributed by atoms with E-state index in [1.54, 1.807) is 38.1 Å². The summed E-state index contributed by atoms with van der Waals surface area (Å²) in [6, 6.07) is 9.15. The molecule has 21 heavy (non-hydrogen) atoms. The second kappa shape index (κ2) is 6.35. The Kier molecular flexibility index (Phi) is 4.52. The molecule has 2 N–H and O–H groups in total. The molecule has 0 radical (unpaired) electrons. The molecule has 110 valence electrons. The monoisotopic (exact) mass is 290 g/mol. The molecule has 0 aliphatic carbocycles. The van der Waals surface area contributed by atoms with Gasteiger partial charge in [0.15, 0.2) is 0 Å². The number of benzene rings is 2. The molecule has 1 amide bonds. The van der Waals surface area contributed by atoms with E-state index in [1.165, 1.54) is 12.1 Å². The zero-order chi connectivity index (χ0) is 15.4. The summed E-state index contributed by atoms with van der Waals surface area (Å²) in [5.74, 6) is -1.17. The van der Waals surface area contributed by atoms with Crippen LogP contribution in [0.3, 0.4) is 0 Å². The van der Waals surface area contributed by atoms with Crippen LogP contribution in [0.25, 0.3) is 0 Å². The van der Waals surface area contributed by atoms with Gasteiger partial charge >= 0.3 is 0 Å². The normalized spacial score (nSPS) is 10.3. The summed E-state index contributed by atoms with van der Waals surface area (Å²) in [6.45, 7) is 3.32. The van der Waals surface area contributed by atoms with E-state index in [4.69, 9.17) is 0 Å². The van der Waals surface area contributed by atoms with E-state index < -0.39 is 5.82 Å². The van der Waals surface area contributed by atoms with Crippen LogP contribution in [-0.2, 0) is 4.79 Å². The number of nitrogens with one attached hydrogen (secondary N) is 2. The third-order valence-electron chi connectivity index (χ3n) is 3.02. The molecule has 2 aromatic rings. The van der Waals surface area contributed by atoms with Crippen LogP contribution < -0.4 is 10.6 Å². The van der Waals surface area contributed by atoms with Crippen LogP contribution in [-0.4, -0.2) is 12.5 Å². The van der Waals surface area contributed by atoms with E-state index in [0.29, 0.717) is 11.3 Å². The van der Waals surface area contributed by atoms with Crippen LogP contribution in [0.1, 0.15) is 11.1 Å². The SMILES string of the molecule is Cc1ccc(NCC(=O)Nc2ccc(C)c(F)c2)c(F)c1. The Morgan fingerprint density at radius 2 is 1.81 bits per heavy atom. The maximum Gasteiger partial charge on any atom is 0.243 e. The fourth-order valence-electron chi connectivity index (χ4n) is 1.81. The van der Waals surface area contributed by atoms with E-state index in [1.807, 2.05) is 0 Å². The zero-order valence-corrected chi connectivity index (χ0v) is 11.8. The summed E-state index contributed by atoms with van der Waals surface area (Å²) in [5.41, 5.74) is 1.94. The number of carbonyl (C=O) groups excluding carboxylic acids is 1. The third kappa shape index (κ3) is 4.02. The van der Waals surface area contributed by atoms with Crippen molar-refractivity contribution in [2.45, 2.75) is 13.8 Å². The number of anilines is 2. The van der Waals surface area contributed by atoms with Crippen molar-refractivity contribution in [3.63, 3.8) is 0 Å². The largest absolute Gasteiger partial charge is 0.374 e. The second-order valence-electron chi connectivity index (χ2n) is 4.85. The van der Waals surface area contributed by atoms with Gasteiger partial charge in [0.1, 0.15) is 11.6 Å². The number of amides is 1. The predicted octanol–water partition coefficient (Wildman–Crippen LogP) is 3.63. The number of halogens is 2. The van der Waals surface area contributed by atoms with E-state index >= 15 is 0 Å². The Balaban J connectivity index is 1.94. The van der Waals surface area contributed by atoms with Crippen molar-refractivity contribution in [2.75, 3.05) is 17.2 Å². The first-order chi connectivity index (χ1) is 9.95. The van der Waals surface area contributed by atoms with Gasteiger partial charge < -0.3 is 10.6 Å². The van der Waals surface area contributed by atoms with E-state index in [2.05, 4.69) is 10.6 Å². The van der Waals surface area contributed by atoms with Gasteiger partial charge in [-0.3, -0.25) is 4.79 Å². The lowest BCUT2D eigenvalue weighted by Gasteiger charge is -2.09. The molecule has 0 unspecified atom stereocenters. The van der Waals surface area contributed by atoms with Crippen molar-refractivity contribution in [2.24, 2.45) is 0 Å². The van der Waals surface area contributed by atoms with Gasteiger partial charge in [0.2, 0.25) is 5.91 Å². The van der Waals surface area contributed by atoms with Crippen LogP contribution >= 0.6 is 0 Å². The summed E-state index contributed by atoms with van der Waals surface area (Å²) >= 11 is 0. The molecule has 5 heteroatoms.